The molecule has 2 rings (SSSR count). The van der Waals surface area contributed by atoms with Gasteiger partial charge in [-0.1, -0.05) is 12.1 Å². The summed E-state index contributed by atoms with van der Waals surface area (Å²) in [5, 5.41) is 6.41. The Balaban J connectivity index is 2.74. The van der Waals surface area contributed by atoms with Gasteiger partial charge in [-0.2, -0.15) is 5.10 Å². The van der Waals surface area contributed by atoms with Crippen LogP contribution in [0.25, 0.3) is 11.1 Å². The quantitative estimate of drug-likeness (QED) is 0.866. The van der Waals surface area contributed by atoms with Gasteiger partial charge >= 0.3 is 0 Å². The molecule has 0 bridgehead atoms. The molecule has 1 heterocycles. The Kier molecular flexibility index (Phi) is 3.00. The number of ether oxygens (including phenoxy) is 1. The number of anilines is 1. The largest absolute Gasteiger partial charge is 0.495 e. The average Bonchev–Trinajstić information content (AvgIpc) is 2.73. The van der Waals surface area contributed by atoms with E-state index in [0.717, 1.165) is 6.26 Å². The summed E-state index contributed by atoms with van der Waals surface area (Å²) in [6, 6.07) is 4.86. The van der Waals surface area contributed by atoms with E-state index in [9.17, 15) is 8.42 Å². The second-order valence-electron chi connectivity index (χ2n) is 3.81. The van der Waals surface area contributed by atoms with Crippen LogP contribution in [0, 0.1) is 0 Å². The van der Waals surface area contributed by atoms with Gasteiger partial charge in [-0.05, 0) is 6.07 Å². The van der Waals surface area contributed by atoms with Gasteiger partial charge in [-0.25, -0.2) is 8.42 Å². The van der Waals surface area contributed by atoms with E-state index in [1.807, 2.05) is 0 Å². The Bertz CT molecular complexity index is 677. The van der Waals surface area contributed by atoms with E-state index >= 15 is 0 Å². The first-order valence-corrected chi connectivity index (χ1v) is 7.00. The molecule has 3 N–H and O–H groups in total. The number of nitrogens with zero attached hydrogens (tertiary/aromatic N) is 1. The Hall–Kier alpha value is -2.02. The molecule has 18 heavy (non-hydrogen) atoms. The Morgan fingerprint density at radius 1 is 1.33 bits per heavy atom. The highest BCUT2D eigenvalue weighted by Crippen LogP contribution is 2.37. The Morgan fingerprint density at radius 3 is 2.56 bits per heavy atom. The number of nitrogen functional groups attached to an aromatic ring is 1. The molecule has 96 valence electrons. The van der Waals surface area contributed by atoms with Crippen LogP contribution in [0.4, 0.5) is 5.82 Å². The maximum atomic E-state index is 11.7. The first-order chi connectivity index (χ1) is 8.45. The molecule has 0 saturated carbocycles. The lowest BCUT2D eigenvalue weighted by Crippen LogP contribution is -2.02. The van der Waals surface area contributed by atoms with E-state index in [4.69, 9.17) is 10.5 Å². The van der Waals surface area contributed by atoms with Crippen molar-refractivity contribution in [2.45, 2.75) is 4.90 Å². The third-order valence-corrected chi connectivity index (χ3v) is 3.66. The summed E-state index contributed by atoms with van der Waals surface area (Å²) >= 11 is 0. The van der Waals surface area contributed by atoms with Crippen molar-refractivity contribution >= 4 is 15.7 Å². The topological polar surface area (TPSA) is 98.1 Å². The van der Waals surface area contributed by atoms with Crippen LogP contribution < -0.4 is 10.5 Å². The van der Waals surface area contributed by atoms with Gasteiger partial charge in [0.2, 0.25) is 0 Å². The van der Waals surface area contributed by atoms with Gasteiger partial charge in [0, 0.05) is 17.4 Å². The van der Waals surface area contributed by atoms with Gasteiger partial charge < -0.3 is 10.5 Å². The van der Waals surface area contributed by atoms with Crippen LogP contribution in [0.2, 0.25) is 0 Å². The maximum Gasteiger partial charge on any atom is 0.179 e. The fourth-order valence-corrected chi connectivity index (χ4v) is 2.60. The molecule has 0 radical (unpaired) electrons. The van der Waals surface area contributed by atoms with Gasteiger partial charge in [0.1, 0.15) is 16.5 Å². The lowest BCUT2D eigenvalue weighted by molar-refractivity contribution is 0.404. The first kappa shape index (κ1) is 12.4. The third-order valence-electron chi connectivity index (χ3n) is 2.54. The van der Waals surface area contributed by atoms with Crippen molar-refractivity contribution in [1.29, 1.82) is 0 Å². The highest BCUT2D eigenvalue weighted by molar-refractivity contribution is 7.90. The van der Waals surface area contributed by atoms with Crippen molar-refractivity contribution in [3.8, 4) is 16.9 Å². The van der Waals surface area contributed by atoms with Gasteiger partial charge in [0.15, 0.2) is 9.84 Å². The minimum Gasteiger partial charge on any atom is -0.495 e. The monoisotopic (exact) mass is 267 g/mol. The molecule has 0 saturated heterocycles. The van der Waals surface area contributed by atoms with Crippen LogP contribution in [-0.2, 0) is 9.84 Å². The molecule has 0 fully saturated rings. The van der Waals surface area contributed by atoms with E-state index in [1.165, 1.54) is 19.4 Å². The molecule has 1 aromatic heterocycles. The predicted molar refractivity (Wildman–Crippen MR) is 68.1 cm³/mol. The summed E-state index contributed by atoms with van der Waals surface area (Å²) in [7, 11) is -1.95. The molecule has 0 spiro atoms. The standard InChI is InChI=1S/C11H13N3O3S/c1-17-10-7(8-6-13-14-11(8)12)4-3-5-9(10)18(2,15)16/h3-6H,1-2H3,(H3,12,13,14). The molecule has 0 atom stereocenters. The molecule has 2 aromatic rings. The molecule has 0 unspecified atom stereocenters. The van der Waals surface area contributed by atoms with Crippen molar-refractivity contribution in [2.75, 3.05) is 19.1 Å². The zero-order valence-corrected chi connectivity index (χ0v) is 10.8. The van der Waals surface area contributed by atoms with E-state index in [-0.39, 0.29) is 10.6 Å². The Labute approximate surface area is 105 Å². The molecule has 0 aliphatic heterocycles. The second-order valence-corrected chi connectivity index (χ2v) is 5.79. The van der Waals surface area contributed by atoms with Gasteiger partial charge in [-0.15, -0.1) is 0 Å². The molecule has 1 aromatic carbocycles. The van der Waals surface area contributed by atoms with Gasteiger partial charge in [0.25, 0.3) is 0 Å². The minimum atomic E-state index is -3.37. The summed E-state index contributed by atoms with van der Waals surface area (Å²) in [5.41, 5.74) is 6.93. The number of benzene rings is 1. The summed E-state index contributed by atoms with van der Waals surface area (Å²) in [4.78, 5) is 0.128. The van der Waals surface area contributed by atoms with Crippen molar-refractivity contribution in [3.63, 3.8) is 0 Å². The Morgan fingerprint density at radius 2 is 2.06 bits per heavy atom. The SMILES string of the molecule is COc1c(-c2cn[nH]c2N)cccc1S(C)(=O)=O. The lowest BCUT2D eigenvalue weighted by atomic mass is 10.1. The zero-order valence-electron chi connectivity index (χ0n) is 9.97. The number of nitrogens with one attached hydrogen (secondary N) is 1. The van der Waals surface area contributed by atoms with Crippen molar-refractivity contribution in [3.05, 3.63) is 24.4 Å². The number of aromatic nitrogens is 2. The van der Waals surface area contributed by atoms with Crippen LogP contribution in [0.1, 0.15) is 0 Å². The maximum absolute atomic E-state index is 11.7. The van der Waals surface area contributed by atoms with Crippen LogP contribution in [0.5, 0.6) is 5.75 Å². The molecular formula is C11H13N3O3S. The first-order valence-electron chi connectivity index (χ1n) is 5.11. The van der Waals surface area contributed by atoms with Gasteiger partial charge in [0.05, 0.1) is 13.3 Å². The smallest absolute Gasteiger partial charge is 0.179 e. The zero-order chi connectivity index (χ0) is 13.3. The number of H-pyrrole nitrogens is 1. The summed E-state index contributed by atoms with van der Waals surface area (Å²) < 4.78 is 28.6. The summed E-state index contributed by atoms with van der Waals surface area (Å²) in [6.45, 7) is 0. The molecule has 0 aliphatic carbocycles. The highest BCUT2D eigenvalue weighted by Gasteiger charge is 2.19. The van der Waals surface area contributed by atoms with E-state index in [1.54, 1.807) is 12.1 Å². The predicted octanol–water partition coefficient (Wildman–Crippen LogP) is 1.07. The van der Waals surface area contributed by atoms with E-state index in [0.29, 0.717) is 16.9 Å². The van der Waals surface area contributed by atoms with E-state index in [2.05, 4.69) is 10.2 Å². The van der Waals surface area contributed by atoms with E-state index < -0.39 is 9.84 Å². The molecule has 6 nitrogen and oxygen atoms in total. The molecule has 7 heteroatoms. The normalized spacial score (nSPS) is 11.4. The fourth-order valence-electron chi connectivity index (χ4n) is 1.74. The van der Waals surface area contributed by atoms with Crippen LogP contribution in [0.15, 0.2) is 29.3 Å². The van der Waals surface area contributed by atoms with Crippen molar-refractivity contribution in [2.24, 2.45) is 0 Å². The number of para-hydroxylation sites is 1. The summed E-state index contributed by atoms with van der Waals surface area (Å²) in [6.07, 6.45) is 2.66. The van der Waals surface area contributed by atoms with Crippen molar-refractivity contribution in [1.82, 2.24) is 10.2 Å². The number of rotatable bonds is 3. The minimum absolute atomic E-state index is 0.128. The number of aromatic amines is 1. The fraction of sp³-hybridized carbons (Fsp3) is 0.182. The molecule has 0 amide bonds. The number of sulfone groups is 1. The lowest BCUT2D eigenvalue weighted by Gasteiger charge is -2.11. The number of hydrogen-bond donors (Lipinski definition) is 2. The number of methoxy groups -OCH3 is 1. The summed E-state index contributed by atoms with van der Waals surface area (Å²) in [5.74, 6) is 0.632. The van der Waals surface area contributed by atoms with Crippen LogP contribution >= 0.6 is 0 Å². The molecular weight excluding hydrogens is 254 g/mol. The highest BCUT2D eigenvalue weighted by atomic mass is 32.2. The average molecular weight is 267 g/mol. The van der Waals surface area contributed by atoms with Crippen LogP contribution in [0.3, 0.4) is 0 Å². The molecule has 0 aliphatic rings. The van der Waals surface area contributed by atoms with Crippen LogP contribution in [-0.4, -0.2) is 32.0 Å². The number of hydrogen-bond acceptors (Lipinski definition) is 5. The number of nitrogens with two attached hydrogens (primary N) is 1. The second kappa shape index (κ2) is 4.34. The third kappa shape index (κ3) is 2.04. The van der Waals surface area contributed by atoms with Crippen molar-refractivity contribution < 1.29 is 13.2 Å². The van der Waals surface area contributed by atoms with Gasteiger partial charge in [-0.3, -0.25) is 5.10 Å².